The van der Waals surface area contributed by atoms with Gasteiger partial charge < -0.3 is 10.4 Å². The van der Waals surface area contributed by atoms with E-state index in [4.69, 9.17) is 0 Å². The van der Waals surface area contributed by atoms with Gasteiger partial charge in [0.2, 0.25) is 0 Å². The van der Waals surface area contributed by atoms with E-state index in [0.717, 1.165) is 13.1 Å². The SMILES string of the molecule is Cc1cc(F)c(O)c([C@H](CF)N2CCNCC2)c1. The largest absolute Gasteiger partial charge is 0.505 e. The average molecular weight is 256 g/mol. The number of benzene rings is 1. The lowest BCUT2D eigenvalue weighted by molar-refractivity contribution is 0.144. The number of alkyl halides is 1. The Hall–Kier alpha value is -1.20. The Morgan fingerprint density at radius 1 is 1.39 bits per heavy atom. The van der Waals surface area contributed by atoms with Crippen LogP contribution in [0.15, 0.2) is 12.1 Å². The minimum Gasteiger partial charge on any atom is -0.505 e. The Morgan fingerprint density at radius 2 is 2.06 bits per heavy atom. The summed E-state index contributed by atoms with van der Waals surface area (Å²) in [5.74, 6) is -1.11. The number of nitrogens with zero attached hydrogens (tertiary/aromatic N) is 1. The number of piperazine rings is 1. The second-order valence-electron chi connectivity index (χ2n) is 4.64. The molecular weight excluding hydrogens is 238 g/mol. The van der Waals surface area contributed by atoms with Crippen LogP contribution in [-0.2, 0) is 0 Å². The number of hydrogen-bond acceptors (Lipinski definition) is 3. The summed E-state index contributed by atoms with van der Waals surface area (Å²) < 4.78 is 26.8. The minimum atomic E-state index is -0.682. The summed E-state index contributed by atoms with van der Waals surface area (Å²) in [4.78, 5) is 1.93. The molecule has 0 unspecified atom stereocenters. The quantitative estimate of drug-likeness (QED) is 0.865. The Kier molecular flexibility index (Phi) is 4.14. The lowest BCUT2D eigenvalue weighted by Gasteiger charge is -2.34. The van der Waals surface area contributed by atoms with E-state index in [-0.39, 0.29) is 0 Å². The first kappa shape index (κ1) is 13.2. The zero-order valence-electron chi connectivity index (χ0n) is 10.4. The molecule has 1 heterocycles. The van der Waals surface area contributed by atoms with Gasteiger partial charge in [0.25, 0.3) is 0 Å². The van der Waals surface area contributed by atoms with Crippen LogP contribution in [0.5, 0.6) is 5.75 Å². The number of aryl methyl sites for hydroxylation is 1. The van der Waals surface area contributed by atoms with Crippen LogP contribution in [0.2, 0.25) is 0 Å². The van der Waals surface area contributed by atoms with Crippen molar-refractivity contribution < 1.29 is 13.9 Å². The Labute approximate surface area is 105 Å². The van der Waals surface area contributed by atoms with Gasteiger partial charge in [-0.2, -0.15) is 0 Å². The van der Waals surface area contributed by atoms with Gasteiger partial charge in [-0.25, -0.2) is 8.78 Å². The van der Waals surface area contributed by atoms with Crippen LogP contribution in [0, 0.1) is 12.7 Å². The monoisotopic (exact) mass is 256 g/mol. The van der Waals surface area contributed by atoms with E-state index in [1.54, 1.807) is 13.0 Å². The summed E-state index contributed by atoms with van der Waals surface area (Å²) in [7, 11) is 0. The van der Waals surface area contributed by atoms with Crippen molar-refractivity contribution in [1.82, 2.24) is 10.2 Å². The van der Waals surface area contributed by atoms with Crippen LogP contribution < -0.4 is 5.32 Å². The van der Waals surface area contributed by atoms with E-state index in [2.05, 4.69) is 5.32 Å². The number of nitrogens with one attached hydrogen (secondary N) is 1. The lowest BCUT2D eigenvalue weighted by Crippen LogP contribution is -2.45. The predicted octanol–water partition coefficient (Wildman–Crippen LogP) is 1.76. The molecule has 2 N–H and O–H groups in total. The molecule has 18 heavy (non-hydrogen) atoms. The zero-order chi connectivity index (χ0) is 13.1. The summed E-state index contributed by atoms with van der Waals surface area (Å²) >= 11 is 0. The van der Waals surface area contributed by atoms with Crippen LogP contribution in [-0.4, -0.2) is 42.9 Å². The molecular formula is C13H18F2N2O. The van der Waals surface area contributed by atoms with E-state index in [1.165, 1.54) is 6.07 Å². The Bertz CT molecular complexity index is 420. The minimum absolute atomic E-state index is 0.344. The third kappa shape index (κ3) is 2.62. The summed E-state index contributed by atoms with van der Waals surface area (Å²) in [6.07, 6.45) is 0. The van der Waals surface area contributed by atoms with Crippen molar-refractivity contribution in [2.45, 2.75) is 13.0 Å². The molecule has 0 radical (unpaired) electrons. The highest BCUT2D eigenvalue weighted by atomic mass is 19.1. The maximum absolute atomic E-state index is 13.5. The number of hydrogen-bond donors (Lipinski definition) is 2. The van der Waals surface area contributed by atoms with Gasteiger partial charge in [0.15, 0.2) is 11.6 Å². The molecule has 1 aliphatic heterocycles. The van der Waals surface area contributed by atoms with Crippen LogP contribution >= 0.6 is 0 Å². The molecule has 0 aromatic heterocycles. The summed E-state index contributed by atoms with van der Waals surface area (Å²) in [5, 5.41) is 13.0. The first-order valence-electron chi connectivity index (χ1n) is 6.13. The molecule has 1 saturated heterocycles. The first-order chi connectivity index (χ1) is 8.63. The molecule has 0 amide bonds. The molecule has 1 aromatic carbocycles. The predicted molar refractivity (Wildman–Crippen MR) is 66.0 cm³/mol. The molecule has 5 heteroatoms. The van der Waals surface area contributed by atoms with Gasteiger partial charge in [0, 0.05) is 31.7 Å². The fourth-order valence-corrected chi connectivity index (χ4v) is 2.39. The van der Waals surface area contributed by atoms with Crippen molar-refractivity contribution in [2.75, 3.05) is 32.9 Å². The molecule has 3 nitrogen and oxygen atoms in total. The van der Waals surface area contributed by atoms with Crippen LogP contribution in [0.4, 0.5) is 8.78 Å². The molecule has 0 saturated carbocycles. The molecule has 100 valence electrons. The fraction of sp³-hybridized carbons (Fsp3) is 0.538. The van der Waals surface area contributed by atoms with Crippen LogP contribution in [0.25, 0.3) is 0 Å². The molecule has 1 aliphatic rings. The molecule has 1 aromatic rings. The number of halogens is 2. The number of phenols is 1. The van der Waals surface area contributed by atoms with Gasteiger partial charge in [-0.05, 0) is 18.6 Å². The van der Waals surface area contributed by atoms with Gasteiger partial charge in [-0.3, -0.25) is 4.90 Å². The first-order valence-corrected chi connectivity index (χ1v) is 6.13. The Morgan fingerprint density at radius 3 is 2.67 bits per heavy atom. The molecule has 0 bridgehead atoms. The molecule has 1 atom stereocenters. The van der Waals surface area contributed by atoms with Crippen molar-refractivity contribution in [2.24, 2.45) is 0 Å². The second-order valence-corrected chi connectivity index (χ2v) is 4.64. The van der Waals surface area contributed by atoms with Gasteiger partial charge in [0.05, 0.1) is 6.04 Å². The van der Waals surface area contributed by atoms with Crippen molar-refractivity contribution in [3.05, 3.63) is 29.1 Å². The number of phenolic OH excluding ortho intramolecular Hbond substituents is 1. The van der Waals surface area contributed by atoms with Crippen molar-refractivity contribution in [3.8, 4) is 5.75 Å². The topological polar surface area (TPSA) is 35.5 Å². The summed E-state index contributed by atoms with van der Waals surface area (Å²) in [6.45, 7) is 4.07. The number of aromatic hydroxyl groups is 1. The maximum Gasteiger partial charge on any atom is 0.165 e. The maximum atomic E-state index is 13.5. The van der Waals surface area contributed by atoms with Crippen molar-refractivity contribution >= 4 is 0 Å². The van der Waals surface area contributed by atoms with Gasteiger partial charge >= 0.3 is 0 Å². The van der Waals surface area contributed by atoms with E-state index >= 15 is 0 Å². The second kappa shape index (κ2) is 5.63. The lowest BCUT2D eigenvalue weighted by atomic mass is 10.0. The number of rotatable bonds is 3. The Balaban J connectivity index is 2.31. The summed E-state index contributed by atoms with van der Waals surface area (Å²) in [5.41, 5.74) is 1.03. The van der Waals surface area contributed by atoms with E-state index in [0.29, 0.717) is 24.2 Å². The zero-order valence-corrected chi connectivity index (χ0v) is 10.4. The van der Waals surface area contributed by atoms with E-state index in [1.807, 2.05) is 4.90 Å². The van der Waals surface area contributed by atoms with Gasteiger partial charge in [0.1, 0.15) is 6.67 Å². The van der Waals surface area contributed by atoms with E-state index in [9.17, 15) is 13.9 Å². The van der Waals surface area contributed by atoms with Crippen LogP contribution in [0.3, 0.4) is 0 Å². The van der Waals surface area contributed by atoms with Gasteiger partial charge in [-0.15, -0.1) is 0 Å². The smallest absolute Gasteiger partial charge is 0.165 e. The normalized spacial score (nSPS) is 18.8. The molecule has 0 aliphatic carbocycles. The molecule has 2 rings (SSSR count). The highest BCUT2D eigenvalue weighted by Gasteiger charge is 2.25. The molecule has 0 spiro atoms. The summed E-state index contributed by atoms with van der Waals surface area (Å²) in [6, 6.07) is 2.35. The molecule has 1 fully saturated rings. The van der Waals surface area contributed by atoms with E-state index < -0.39 is 24.3 Å². The van der Waals surface area contributed by atoms with Crippen LogP contribution in [0.1, 0.15) is 17.2 Å². The fourth-order valence-electron chi connectivity index (χ4n) is 2.39. The highest BCUT2D eigenvalue weighted by molar-refractivity contribution is 5.39. The third-order valence-corrected chi connectivity index (χ3v) is 3.33. The standard InChI is InChI=1S/C13H18F2N2O/c1-9-6-10(13(18)11(15)7-9)12(8-14)17-4-2-16-3-5-17/h6-7,12,16,18H,2-5,8H2,1H3/t12-/m0/s1. The van der Waals surface area contributed by atoms with Gasteiger partial charge in [-0.1, -0.05) is 6.07 Å². The third-order valence-electron chi connectivity index (χ3n) is 3.33. The van der Waals surface area contributed by atoms with Crippen molar-refractivity contribution in [1.29, 1.82) is 0 Å². The highest BCUT2D eigenvalue weighted by Crippen LogP contribution is 2.32. The average Bonchev–Trinajstić information content (AvgIpc) is 2.37. The van der Waals surface area contributed by atoms with Crippen molar-refractivity contribution in [3.63, 3.8) is 0 Å².